The average molecular weight is 156 g/mol. The topological polar surface area (TPSA) is 20.2 Å². The molecular weight excluding hydrogens is 152 g/mol. The Bertz CT molecular complexity index is 247. The first-order valence-electron chi connectivity index (χ1n) is 2.54. The van der Waals surface area contributed by atoms with Gasteiger partial charge in [-0.25, -0.2) is 0 Å². The second-order valence-corrected chi connectivity index (χ2v) is 4.04. The van der Waals surface area contributed by atoms with Gasteiger partial charge < -0.3 is 5.11 Å². The van der Waals surface area contributed by atoms with Crippen LogP contribution in [0.2, 0.25) is 0 Å². The fraction of sp³-hybridized carbons (Fsp3) is 0. The third-order valence-electron chi connectivity index (χ3n) is 1.16. The number of phenolic OH excluding ortho intramolecular Hbond substituents is 1. The van der Waals surface area contributed by atoms with Crippen molar-refractivity contribution >= 4 is 21.6 Å². The molecule has 1 aliphatic heterocycles. The third kappa shape index (κ3) is 0.804. The van der Waals surface area contributed by atoms with E-state index >= 15 is 0 Å². The highest BCUT2D eigenvalue weighted by Crippen LogP contribution is 2.49. The SMILES string of the molecule is Oc1ccc2cc1SS2. The first-order valence-corrected chi connectivity index (χ1v) is 4.69. The summed E-state index contributed by atoms with van der Waals surface area (Å²) in [6.45, 7) is 0. The number of phenols is 1. The lowest BCUT2D eigenvalue weighted by atomic mass is 10.3. The predicted octanol–water partition coefficient (Wildman–Crippen LogP) is 2.51. The Morgan fingerprint density at radius 1 is 1.22 bits per heavy atom. The van der Waals surface area contributed by atoms with Crippen LogP contribution in [0.15, 0.2) is 28.0 Å². The number of benzene rings is 1. The molecule has 0 unspecified atom stereocenters. The molecule has 2 rings (SSSR count). The molecule has 2 bridgehead atoms. The van der Waals surface area contributed by atoms with Crippen molar-refractivity contribution in [1.29, 1.82) is 0 Å². The summed E-state index contributed by atoms with van der Waals surface area (Å²) in [5, 5.41) is 9.11. The number of hydrogen-bond donors (Lipinski definition) is 1. The third-order valence-corrected chi connectivity index (χ3v) is 3.56. The summed E-state index contributed by atoms with van der Waals surface area (Å²) in [5.74, 6) is 0.397. The first kappa shape index (κ1) is 5.50. The second-order valence-electron chi connectivity index (χ2n) is 1.80. The minimum Gasteiger partial charge on any atom is -0.507 e. The monoisotopic (exact) mass is 156 g/mol. The second kappa shape index (κ2) is 1.85. The van der Waals surface area contributed by atoms with E-state index < -0.39 is 0 Å². The van der Waals surface area contributed by atoms with Crippen LogP contribution in [-0.2, 0) is 0 Å². The van der Waals surface area contributed by atoms with E-state index in [-0.39, 0.29) is 0 Å². The number of hydrogen-bond acceptors (Lipinski definition) is 3. The molecule has 9 heavy (non-hydrogen) atoms. The molecule has 1 heterocycles. The van der Waals surface area contributed by atoms with Gasteiger partial charge in [-0.2, -0.15) is 0 Å². The summed E-state index contributed by atoms with van der Waals surface area (Å²) in [4.78, 5) is 2.21. The zero-order valence-corrected chi connectivity index (χ0v) is 6.13. The zero-order chi connectivity index (χ0) is 6.27. The lowest BCUT2D eigenvalue weighted by molar-refractivity contribution is 0.462. The van der Waals surface area contributed by atoms with Crippen molar-refractivity contribution in [2.75, 3.05) is 0 Å². The summed E-state index contributed by atoms with van der Waals surface area (Å²) in [6, 6.07) is 5.64. The van der Waals surface area contributed by atoms with Gasteiger partial charge in [0.15, 0.2) is 0 Å². The molecule has 0 fully saturated rings. The standard InChI is InChI=1S/C6H4OS2/c7-5-2-1-4-3-6(5)9-8-4/h1-3,7H. The zero-order valence-electron chi connectivity index (χ0n) is 4.50. The molecule has 0 spiro atoms. The van der Waals surface area contributed by atoms with Crippen molar-refractivity contribution in [1.82, 2.24) is 0 Å². The van der Waals surface area contributed by atoms with Gasteiger partial charge in [0.2, 0.25) is 0 Å². The van der Waals surface area contributed by atoms with Crippen LogP contribution in [0.3, 0.4) is 0 Å². The Morgan fingerprint density at radius 3 is 2.89 bits per heavy atom. The Balaban J connectivity index is 2.65. The van der Waals surface area contributed by atoms with Gasteiger partial charge in [0.05, 0.1) is 4.90 Å². The van der Waals surface area contributed by atoms with Gasteiger partial charge in [-0.1, -0.05) is 10.8 Å². The van der Waals surface area contributed by atoms with Crippen molar-refractivity contribution in [3.05, 3.63) is 18.2 Å². The van der Waals surface area contributed by atoms with Crippen LogP contribution in [0.1, 0.15) is 0 Å². The molecule has 1 N–H and O–H groups in total. The van der Waals surface area contributed by atoms with E-state index in [9.17, 15) is 0 Å². The van der Waals surface area contributed by atoms with Crippen LogP contribution < -0.4 is 0 Å². The van der Waals surface area contributed by atoms with Crippen molar-refractivity contribution in [2.45, 2.75) is 9.79 Å². The van der Waals surface area contributed by atoms with Crippen LogP contribution >= 0.6 is 21.6 Å². The van der Waals surface area contributed by atoms with Crippen LogP contribution in [0, 0.1) is 0 Å². The van der Waals surface area contributed by atoms with E-state index in [4.69, 9.17) is 5.11 Å². The van der Waals surface area contributed by atoms with Gasteiger partial charge >= 0.3 is 0 Å². The number of aromatic hydroxyl groups is 1. The molecule has 0 aliphatic carbocycles. The number of fused-ring (bicyclic) bond motifs is 2. The summed E-state index contributed by atoms with van der Waals surface area (Å²) in [6.07, 6.45) is 0. The summed E-state index contributed by atoms with van der Waals surface area (Å²) in [5.41, 5.74) is 0. The maximum Gasteiger partial charge on any atom is 0.130 e. The average Bonchev–Trinajstić information content (AvgIpc) is 2.25. The Kier molecular flexibility index (Phi) is 1.13. The van der Waals surface area contributed by atoms with Gasteiger partial charge in [0.25, 0.3) is 0 Å². The molecule has 0 saturated heterocycles. The summed E-state index contributed by atoms with van der Waals surface area (Å²) < 4.78 is 0. The summed E-state index contributed by atoms with van der Waals surface area (Å²) in [7, 11) is 3.30. The molecule has 1 aliphatic rings. The molecule has 0 saturated carbocycles. The Hall–Kier alpha value is -0.280. The largest absolute Gasteiger partial charge is 0.507 e. The Morgan fingerprint density at radius 2 is 2.11 bits per heavy atom. The molecule has 0 radical (unpaired) electrons. The van der Waals surface area contributed by atoms with E-state index in [1.807, 2.05) is 12.1 Å². The highest BCUT2D eigenvalue weighted by molar-refractivity contribution is 8.77. The highest BCUT2D eigenvalue weighted by Gasteiger charge is 2.11. The predicted molar refractivity (Wildman–Crippen MR) is 39.8 cm³/mol. The van der Waals surface area contributed by atoms with Crippen LogP contribution in [0.4, 0.5) is 0 Å². The van der Waals surface area contributed by atoms with E-state index in [2.05, 4.69) is 0 Å². The van der Waals surface area contributed by atoms with E-state index in [0.29, 0.717) is 5.75 Å². The van der Waals surface area contributed by atoms with Gasteiger partial charge in [0, 0.05) is 4.90 Å². The quantitative estimate of drug-likeness (QED) is 0.583. The molecule has 46 valence electrons. The van der Waals surface area contributed by atoms with Crippen LogP contribution in [0.25, 0.3) is 0 Å². The molecule has 0 amide bonds. The van der Waals surface area contributed by atoms with Crippen molar-refractivity contribution in [2.24, 2.45) is 0 Å². The summed E-state index contributed by atoms with van der Waals surface area (Å²) >= 11 is 0. The molecule has 1 aromatic rings. The fourth-order valence-electron chi connectivity index (χ4n) is 0.706. The van der Waals surface area contributed by atoms with E-state index in [1.165, 1.54) is 4.90 Å². The lowest BCUT2D eigenvalue weighted by Crippen LogP contribution is -1.64. The van der Waals surface area contributed by atoms with Crippen molar-refractivity contribution < 1.29 is 5.11 Å². The van der Waals surface area contributed by atoms with Gasteiger partial charge in [-0.05, 0) is 29.0 Å². The van der Waals surface area contributed by atoms with Gasteiger partial charge in [-0.15, -0.1) is 0 Å². The van der Waals surface area contributed by atoms with Gasteiger partial charge in [-0.3, -0.25) is 0 Å². The first-order chi connectivity index (χ1) is 4.36. The highest BCUT2D eigenvalue weighted by atomic mass is 33.1. The molecule has 1 nitrogen and oxygen atoms in total. The van der Waals surface area contributed by atoms with Crippen LogP contribution in [0.5, 0.6) is 5.75 Å². The molecule has 1 aromatic carbocycles. The number of rotatable bonds is 0. The van der Waals surface area contributed by atoms with Crippen molar-refractivity contribution in [3.8, 4) is 5.75 Å². The maximum absolute atomic E-state index is 9.11. The van der Waals surface area contributed by atoms with E-state index in [0.717, 1.165) is 4.90 Å². The molecule has 0 aromatic heterocycles. The molecular formula is C6H4OS2. The van der Waals surface area contributed by atoms with Crippen molar-refractivity contribution in [3.63, 3.8) is 0 Å². The smallest absolute Gasteiger partial charge is 0.130 e. The maximum atomic E-state index is 9.11. The Labute approximate surface area is 60.9 Å². The fourth-order valence-corrected chi connectivity index (χ4v) is 2.85. The molecule has 3 heteroatoms. The lowest BCUT2D eigenvalue weighted by Gasteiger charge is -1.89. The minimum absolute atomic E-state index is 0.397. The normalized spacial score (nSPS) is 14.2. The van der Waals surface area contributed by atoms with Crippen LogP contribution in [-0.4, -0.2) is 5.11 Å². The van der Waals surface area contributed by atoms with Gasteiger partial charge in [0.1, 0.15) is 5.75 Å². The minimum atomic E-state index is 0.397. The van der Waals surface area contributed by atoms with E-state index in [1.54, 1.807) is 27.7 Å². The molecule has 0 atom stereocenters.